The van der Waals surface area contributed by atoms with Gasteiger partial charge in [0.15, 0.2) is 0 Å². The number of aliphatic hydroxyl groups is 1. The Morgan fingerprint density at radius 1 is 1.10 bits per heavy atom. The predicted molar refractivity (Wildman–Crippen MR) is 152 cm³/mol. The van der Waals surface area contributed by atoms with Gasteiger partial charge in [0.1, 0.15) is 12.3 Å². The summed E-state index contributed by atoms with van der Waals surface area (Å²) in [5.41, 5.74) is 2.87. The van der Waals surface area contributed by atoms with E-state index in [0.717, 1.165) is 16.7 Å². The zero-order valence-electron chi connectivity index (χ0n) is 22.2. The molecule has 1 aliphatic heterocycles. The standard InChI is InChI=1S/C30H31F3N4O2S/c1-4-5-9-24-27(38)34-17-23(20-10-12-21(13-11-20)29(14-15-29)30(31,32)33)39-25-16-22(35-28(36-25)37-40-24)26-18(2)7-6-8-19(26)3/h4-13,16,23-24,27,34,38H,1,14-15,17H2,2-3H3,(H,35,36,37)/b9-5-. The number of alkyl halides is 3. The molecule has 3 unspecified atom stereocenters. The highest BCUT2D eigenvalue weighted by molar-refractivity contribution is 8.01. The summed E-state index contributed by atoms with van der Waals surface area (Å²) in [6.45, 7) is 7.91. The van der Waals surface area contributed by atoms with Crippen LogP contribution in [0.3, 0.4) is 0 Å². The number of halogens is 3. The minimum absolute atomic E-state index is 0.0958. The van der Waals surface area contributed by atoms with Crippen molar-refractivity contribution in [1.29, 1.82) is 0 Å². The number of nitrogens with one attached hydrogen (secondary N) is 2. The molecule has 0 saturated heterocycles. The van der Waals surface area contributed by atoms with Gasteiger partial charge in [-0.3, -0.25) is 10.0 Å². The molecule has 2 bridgehead atoms. The van der Waals surface area contributed by atoms with Gasteiger partial charge in [-0.1, -0.05) is 67.3 Å². The van der Waals surface area contributed by atoms with Gasteiger partial charge in [0.2, 0.25) is 11.8 Å². The van der Waals surface area contributed by atoms with Gasteiger partial charge in [-0.15, -0.1) is 0 Å². The summed E-state index contributed by atoms with van der Waals surface area (Å²) in [6.07, 6.45) is -0.560. The van der Waals surface area contributed by atoms with Crippen molar-refractivity contribution in [3.8, 4) is 17.1 Å². The maximum atomic E-state index is 13.7. The van der Waals surface area contributed by atoms with E-state index in [0.29, 0.717) is 23.1 Å². The van der Waals surface area contributed by atoms with Crippen molar-refractivity contribution >= 4 is 17.9 Å². The van der Waals surface area contributed by atoms with E-state index < -0.39 is 29.2 Å². The van der Waals surface area contributed by atoms with Crippen LogP contribution >= 0.6 is 11.9 Å². The number of allylic oxidation sites excluding steroid dienone is 2. The Labute approximate surface area is 235 Å². The number of aromatic nitrogens is 2. The number of aliphatic hydroxyl groups excluding tert-OH is 1. The number of hydrogen-bond acceptors (Lipinski definition) is 7. The van der Waals surface area contributed by atoms with Crippen LogP contribution < -0.4 is 14.8 Å². The highest BCUT2D eigenvalue weighted by Crippen LogP contribution is 2.58. The van der Waals surface area contributed by atoms with E-state index in [4.69, 9.17) is 9.72 Å². The minimum atomic E-state index is -4.29. The van der Waals surface area contributed by atoms with E-state index in [1.807, 2.05) is 32.0 Å². The first-order valence-electron chi connectivity index (χ1n) is 13.0. The Bertz CT molecular complexity index is 1390. The number of fused-ring (bicyclic) bond motifs is 2. The topological polar surface area (TPSA) is 79.3 Å². The van der Waals surface area contributed by atoms with Gasteiger partial charge in [0, 0.05) is 18.2 Å². The molecule has 0 radical (unpaired) electrons. The SMILES string of the molecule is C=C/C=C\C1SNc2nc(cc(-c3c(C)cccc3C)n2)OC(c2ccc(C3(C(F)(F)F)CC3)cc2)CNC1O. The number of rotatable bonds is 5. The summed E-state index contributed by atoms with van der Waals surface area (Å²) in [4.78, 5) is 9.30. The summed E-state index contributed by atoms with van der Waals surface area (Å²) in [5.74, 6) is 0.608. The molecule has 10 heteroatoms. The van der Waals surface area contributed by atoms with Crippen LogP contribution in [0.25, 0.3) is 11.3 Å². The molecule has 1 fully saturated rings. The van der Waals surface area contributed by atoms with Crippen LogP contribution in [0.2, 0.25) is 0 Å². The lowest BCUT2D eigenvalue weighted by molar-refractivity contribution is -0.160. The molecule has 1 saturated carbocycles. The zero-order valence-corrected chi connectivity index (χ0v) is 23.0. The van der Waals surface area contributed by atoms with Crippen molar-refractivity contribution in [2.45, 2.75) is 55.9 Å². The molecule has 40 heavy (non-hydrogen) atoms. The van der Waals surface area contributed by atoms with Crippen molar-refractivity contribution in [3.05, 3.63) is 95.6 Å². The maximum Gasteiger partial charge on any atom is 0.398 e. The molecular formula is C30H31F3N4O2S. The average molecular weight is 569 g/mol. The normalized spacial score (nSPS) is 22.6. The number of anilines is 1. The van der Waals surface area contributed by atoms with Gasteiger partial charge in [0.25, 0.3) is 0 Å². The predicted octanol–water partition coefficient (Wildman–Crippen LogP) is 6.57. The lowest BCUT2D eigenvalue weighted by Gasteiger charge is -2.24. The van der Waals surface area contributed by atoms with E-state index >= 15 is 0 Å². The van der Waals surface area contributed by atoms with E-state index in [-0.39, 0.29) is 24.9 Å². The highest BCUT2D eigenvalue weighted by atomic mass is 32.2. The number of hydrogen-bond donors (Lipinski definition) is 3. The fraction of sp³-hybridized carbons (Fsp3) is 0.333. The number of benzene rings is 2. The molecular weight excluding hydrogens is 537 g/mol. The highest BCUT2D eigenvalue weighted by Gasteiger charge is 2.64. The lowest BCUT2D eigenvalue weighted by atomic mass is 9.93. The number of aryl methyl sites for hydroxylation is 2. The van der Waals surface area contributed by atoms with Crippen LogP contribution in [0.4, 0.5) is 19.1 Å². The third-order valence-electron chi connectivity index (χ3n) is 7.38. The van der Waals surface area contributed by atoms with Crippen LogP contribution in [-0.2, 0) is 5.41 Å². The van der Waals surface area contributed by atoms with Crippen LogP contribution in [0.1, 0.15) is 41.2 Å². The van der Waals surface area contributed by atoms with Crippen molar-refractivity contribution in [2.75, 3.05) is 11.3 Å². The van der Waals surface area contributed by atoms with Gasteiger partial charge in [-0.05, 0) is 60.9 Å². The summed E-state index contributed by atoms with van der Waals surface area (Å²) < 4.78 is 50.6. The molecule has 1 aromatic heterocycles. The Kier molecular flexibility index (Phi) is 7.94. The van der Waals surface area contributed by atoms with Crippen LogP contribution in [0.15, 0.2) is 73.3 Å². The van der Waals surface area contributed by atoms with Gasteiger partial charge < -0.3 is 9.84 Å². The number of nitrogens with zero attached hydrogens (tertiary/aromatic N) is 2. The first-order chi connectivity index (χ1) is 19.1. The Balaban J connectivity index is 1.53. The Hall–Kier alpha value is -3.34. The summed E-state index contributed by atoms with van der Waals surface area (Å²) in [6, 6.07) is 14.1. The molecule has 3 N–H and O–H groups in total. The molecule has 3 aromatic rings. The van der Waals surface area contributed by atoms with Gasteiger partial charge in [-0.2, -0.15) is 18.2 Å². The quantitative estimate of drug-likeness (QED) is 0.237. The van der Waals surface area contributed by atoms with Gasteiger partial charge in [-0.25, -0.2) is 4.98 Å². The molecule has 2 aromatic carbocycles. The largest absolute Gasteiger partial charge is 0.468 e. The van der Waals surface area contributed by atoms with E-state index in [2.05, 4.69) is 21.6 Å². The second-order valence-electron chi connectivity index (χ2n) is 10.1. The molecule has 1 aliphatic carbocycles. The maximum absolute atomic E-state index is 13.7. The fourth-order valence-corrected chi connectivity index (χ4v) is 5.72. The lowest BCUT2D eigenvalue weighted by Crippen LogP contribution is -2.40. The summed E-state index contributed by atoms with van der Waals surface area (Å²) in [7, 11) is 0. The third-order valence-corrected chi connectivity index (χ3v) is 8.36. The zero-order chi connectivity index (χ0) is 28.5. The van der Waals surface area contributed by atoms with Gasteiger partial charge in [0.05, 0.1) is 16.4 Å². The van der Waals surface area contributed by atoms with Crippen LogP contribution in [0, 0.1) is 13.8 Å². The fourth-order valence-electron chi connectivity index (χ4n) is 4.99. The second kappa shape index (κ2) is 11.3. The third kappa shape index (κ3) is 5.75. The smallest absolute Gasteiger partial charge is 0.398 e. The van der Waals surface area contributed by atoms with E-state index in [1.165, 1.54) is 24.1 Å². The van der Waals surface area contributed by atoms with Crippen molar-refractivity contribution in [2.24, 2.45) is 0 Å². The van der Waals surface area contributed by atoms with E-state index in [1.54, 1.807) is 36.4 Å². The molecule has 2 aliphatic rings. The van der Waals surface area contributed by atoms with Gasteiger partial charge >= 0.3 is 6.18 Å². The Morgan fingerprint density at radius 3 is 2.42 bits per heavy atom. The second-order valence-corrected chi connectivity index (χ2v) is 11.1. The van der Waals surface area contributed by atoms with Crippen LogP contribution in [0.5, 0.6) is 5.88 Å². The molecule has 6 nitrogen and oxygen atoms in total. The first kappa shape index (κ1) is 28.2. The molecule has 5 rings (SSSR count). The summed E-state index contributed by atoms with van der Waals surface area (Å²) in [5, 5.41) is 13.6. The van der Waals surface area contributed by atoms with Crippen molar-refractivity contribution in [1.82, 2.24) is 15.3 Å². The summed E-state index contributed by atoms with van der Waals surface area (Å²) >= 11 is 1.24. The molecule has 0 amide bonds. The van der Waals surface area contributed by atoms with Crippen LogP contribution in [-0.4, -0.2) is 39.3 Å². The first-order valence-corrected chi connectivity index (χ1v) is 13.9. The molecule has 210 valence electrons. The molecule has 2 heterocycles. The number of ether oxygens (including phenoxy) is 1. The Morgan fingerprint density at radius 2 is 1.80 bits per heavy atom. The van der Waals surface area contributed by atoms with Crippen molar-refractivity contribution in [3.63, 3.8) is 0 Å². The molecule has 0 spiro atoms. The van der Waals surface area contributed by atoms with Crippen molar-refractivity contribution < 1.29 is 23.0 Å². The minimum Gasteiger partial charge on any atom is -0.468 e. The molecule has 3 atom stereocenters. The van der Waals surface area contributed by atoms with E-state index in [9.17, 15) is 18.3 Å². The average Bonchev–Trinajstić information content (AvgIpc) is 3.73. The monoisotopic (exact) mass is 568 g/mol.